The maximum absolute atomic E-state index is 12.1. The van der Waals surface area contributed by atoms with Crippen LogP contribution in [0, 0.1) is 0 Å². The summed E-state index contributed by atoms with van der Waals surface area (Å²) in [4.78, 5) is 35.3. The fraction of sp³-hybridized carbons (Fsp3) is 0.182. The second-order valence-corrected chi connectivity index (χ2v) is 3.85. The number of aromatic nitrogens is 2. The monoisotopic (exact) mass is 248 g/mol. The molecule has 18 heavy (non-hydrogen) atoms. The molecule has 2 rings (SSSR count). The molecule has 0 saturated carbocycles. The number of benzene rings is 1. The molecule has 1 aromatic heterocycles. The highest BCUT2D eigenvalue weighted by atomic mass is 16.2. The van der Waals surface area contributed by atoms with Crippen molar-refractivity contribution in [3.63, 3.8) is 0 Å². The van der Waals surface area contributed by atoms with Gasteiger partial charge in [0.25, 0.3) is 17.0 Å². The Morgan fingerprint density at radius 2 is 1.94 bits per heavy atom. The van der Waals surface area contributed by atoms with Gasteiger partial charge in [-0.2, -0.15) is 0 Å². The molecule has 0 bridgehead atoms. The molecule has 0 radical (unpaired) electrons. The first-order chi connectivity index (χ1) is 8.56. The van der Waals surface area contributed by atoms with Crippen LogP contribution in [0.3, 0.4) is 0 Å². The van der Waals surface area contributed by atoms with Crippen molar-refractivity contribution >= 4 is 16.7 Å². The van der Waals surface area contributed by atoms with E-state index in [9.17, 15) is 14.4 Å². The topological polar surface area (TPSA) is 110 Å². The van der Waals surface area contributed by atoms with Crippen LogP contribution in [0.2, 0.25) is 0 Å². The molecule has 0 spiro atoms. The number of nitrogens with two attached hydrogens (primary N) is 1. The molecule has 2 aromatic rings. The third-order valence-electron chi connectivity index (χ3n) is 2.75. The van der Waals surface area contributed by atoms with E-state index in [1.807, 2.05) is 5.43 Å². The van der Waals surface area contributed by atoms with E-state index in [-0.39, 0.29) is 5.39 Å². The molecule has 0 aliphatic carbocycles. The summed E-state index contributed by atoms with van der Waals surface area (Å²) in [7, 11) is 0. The fourth-order valence-electron chi connectivity index (χ4n) is 1.73. The summed E-state index contributed by atoms with van der Waals surface area (Å²) in [6.07, 6.45) is 0. The van der Waals surface area contributed by atoms with E-state index < -0.39 is 23.1 Å². The minimum Gasteiger partial charge on any atom is -0.292 e. The van der Waals surface area contributed by atoms with Gasteiger partial charge < -0.3 is 0 Å². The van der Waals surface area contributed by atoms with Crippen molar-refractivity contribution in [2.24, 2.45) is 5.84 Å². The van der Waals surface area contributed by atoms with Crippen molar-refractivity contribution in [1.29, 1.82) is 0 Å². The molecular weight excluding hydrogens is 236 g/mol. The molecule has 0 fully saturated rings. The molecule has 0 saturated heterocycles. The number of amides is 1. The normalized spacial score (nSPS) is 12.3. The zero-order valence-electron chi connectivity index (χ0n) is 9.64. The van der Waals surface area contributed by atoms with E-state index >= 15 is 0 Å². The van der Waals surface area contributed by atoms with Gasteiger partial charge in [-0.1, -0.05) is 12.1 Å². The van der Waals surface area contributed by atoms with Crippen molar-refractivity contribution in [3.8, 4) is 0 Å². The van der Waals surface area contributed by atoms with Crippen LogP contribution in [0.5, 0.6) is 0 Å². The number of hydrogen-bond acceptors (Lipinski definition) is 4. The number of fused-ring (bicyclic) bond motifs is 1. The first-order valence-electron chi connectivity index (χ1n) is 5.30. The third-order valence-corrected chi connectivity index (χ3v) is 2.75. The molecule has 1 unspecified atom stereocenters. The van der Waals surface area contributed by atoms with Gasteiger partial charge in [-0.25, -0.2) is 10.5 Å². The first-order valence-corrected chi connectivity index (χ1v) is 5.30. The van der Waals surface area contributed by atoms with E-state index in [1.165, 1.54) is 13.0 Å². The zero-order valence-corrected chi connectivity index (χ0v) is 9.64. The van der Waals surface area contributed by atoms with Gasteiger partial charge in [0.1, 0.15) is 6.04 Å². The average molecular weight is 248 g/mol. The first kappa shape index (κ1) is 12.1. The SMILES string of the molecule is CC(C(=O)NN)n1[nH]c(=O)c2ccccc2c1=O. The second-order valence-electron chi connectivity index (χ2n) is 3.85. The Balaban J connectivity index is 2.75. The lowest BCUT2D eigenvalue weighted by atomic mass is 10.2. The zero-order chi connectivity index (χ0) is 13.3. The largest absolute Gasteiger partial charge is 0.292 e. The Labute approximate surface area is 101 Å². The standard InChI is InChI=1S/C11H12N4O3/c1-6(9(16)13-12)15-11(18)8-5-3-2-4-7(8)10(17)14-15/h2-6H,12H2,1H3,(H,13,16)(H,14,17). The molecule has 0 aliphatic heterocycles. The smallest absolute Gasteiger partial charge is 0.273 e. The van der Waals surface area contributed by atoms with E-state index in [0.29, 0.717) is 5.39 Å². The molecule has 1 heterocycles. The summed E-state index contributed by atoms with van der Waals surface area (Å²) < 4.78 is 0.965. The van der Waals surface area contributed by atoms with Gasteiger partial charge in [0, 0.05) is 0 Å². The van der Waals surface area contributed by atoms with Gasteiger partial charge in [0.05, 0.1) is 10.8 Å². The molecule has 0 aliphatic rings. The Kier molecular flexibility index (Phi) is 2.99. The Morgan fingerprint density at radius 3 is 2.56 bits per heavy atom. The summed E-state index contributed by atoms with van der Waals surface area (Å²) in [5, 5.41) is 2.92. The van der Waals surface area contributed by atoms with Gasteiger partial charge in [-0.05, 0) is 19.1 Å². The highest BCUT2D eigenvalue weighted by Gasteiger charge is 2.17. The van der Waals surface area contributed by atoms with Gasteiger partial charge >= 0.3 is 0 Å². The summed E-state index contributed by atoms with van der Waals surface area (Å²) in [5.74, 6) is 4.44. The lowest BCUT2D eigenvalue weighted by Crippen LogP contribution is -2.42. The van der Waals surface area contributed by atoms with Crippen LogP contribution < -0.4 is 22.4 Å². The Hall–Kier alpha value is -2.41. The van der Waals surface area contributed by atoms with Crippen molar-refractivity contribution in [1.82, 2.24) is 15.2 Å². The van der Waals surface area contributed by atoms with Crippen molar-refractivity contribution < 1.29 is 4.79 Å². The van der Waals surface area contributed by atoms with E-state index in [4.69, 9.17) is 5.84 Å². The van der Waals surface area contributed by atoms with Gasteiger partial charge in [-0.3, -0.25) is 24.9 Å². The van der Waals surface area contributed by atoms with Crippen LogP contribution in [-0.2, 0) is 4.79 Å². The lowest BCUT2D eigenvalue weighted by molar-refractivity contribution is -0.124. The highest BCUT2D eigenvalue weighted by molar-refractivity contribution is 5.82. The Bertz CT molecular complexity index is 716. The van der Waals surface area contributed by atoms with Crippen LogP contribution in [0.4, 0.5) is 0 Å². The van der Waals surface area contributed by atoms with Crippen LogP contribution in [0.15, 0.2) is 33.9 Å². The molecule has 94 valence electrons. The van der Waals surface area contributed by atoms with Crippen LogP contribution in [0.25, 0.3) is 10.8 Å². The number of carbonyl (C=O) groups is 1. The summed E-state index contributed by atoms with van der Waals surface area (Å²) in [5.41, 5.74) is 1.07. The predicted molar refractivity (Wildman–Crippen MR) is 65.9 cm³/mol. The van der Waals surface area contributed by atoms with Crippen LogP contribution in [-0.4, -0.2) is 15.7 Å². The number of nitrogens with one attached hydrogen (secondary N) is 2. The summed E-state index contributed by atoms with van der Waals surface area (Å²) >= 11 is 0. The minimum atomic E-state index is -0.889. The fourth-order valence-corrected chi connectivity index (χ4v) is 1.73. The van der Waals surface area contributed by atoms with Gasteiger partial charge in [-0.15, -0.1) is 0 Å². The predicted octanol–water partition coefficient (Wildman–Crippen LogP) is -0.759. The summed E-state index contributed by atoms with van der Waals surface area (Å²) in [6, 6.07) is 5.52. The third kappa shape index (κ3) is 1.80. The maximum Gasteiger partial charge on any atom is 0.273 e. The quantitative estimate of drug-likeness (QED) is 0.368. The Morgan fingerprint density at radius 1 is 1.33 bits per heavy atom. The molecule has 4 N–H and O–H groups in total. The number of nitrogens with zero attached hydrogens (tertiary/aromatic N) is 1. The average Bonchev–Trinajstić information content (AvgIpc) is 2.41. The van der Waals surface area contributed by atoms with Crippen molar-refractivity contribution in [2.75, 3.05) is 0 Å². The van der Waals surface area contributed by atoms with Gasteiger partial charge in [0.15, 0.2) is 0 Å². The van der Waals surface area contributed by atoms with Crippen molar-refractivity contribution in [2.45, 2.75) is 13.0 Å². The van der Waals surface area contributed by atoms with E-state index in [1.54, 1.807) is 18.2 Å². The molecule has 1 aromatic carbocycles. The minimum absolute atomic E-state index is 0.262. The summed E-state index contributed by atoms with van der Waals surface area (Å²) in [6.45, 7) is 1.47. The highest BCUT2D eigenvalue weighted by Crippen LogP contribution is 2.05. The molecule has 7 heteroatoms. The molecule has 1 atom stereocenters. The van der Waals surface area contributed by atoms with Crippen LogP contribution in [0.1, 0.15) is 13.0 Å². The molecule has 7 nitrogen and oxygen atoms in total. The maximum atomic E-state index is 12.1. The second kappa shape index (κ2) is 4.46. The number of hydrogen-bond donors (Lipinski definition) is 3. The lowest BCUT2D eigenvalue weighted by Gasteiger charge is -2.13. The van der Waals surface area contributed by atoms with Crippen molar-refractivity contribution in [3.05, 3.63) is 45.0 Å². The van der Waals surface area contributed by atoms with Gasteiger partial charge in [0.2, 0.25) is 0 Å². The van der Waals surface area contributed by atoms with E-state index in [2.05, 4.69) is 5.10 Å². The molecular formula is C11H12N4O3. The molecule has 1 amide bonds. The number of H-pyrrole nitrogens is 1. The number of carbonyl (C=O) groups excluding carboxylic acids is 1. The number of hydrazine groups is 1. The number of rotatable bonds is 2. The number of aromatic amines is 1. The van der Waals surface area contributed by atoms with E-state index in [0.717, 1.165) is 4.68 Å². The van der Waals surface area contributed by atoms with Crippen LogP contribution >= 0.6 is 0 Å².